The average molecular weight is 1590 g/mol. The van der Waals surface area contributed by atoms with Crippen LogP contribution in [0, 0.1) is 26.2 Å². The lowest BCUT2D eigenvalue weighted by molar-refractivity contribution is -0.148. The van der Waals surface area contributed by atoms with Gasteiger partial charge in [-0.1, -0.05) is 209 Å². The molecule has 1 spiro atoms. The number of carbonyl (C=O) groups excluding carboxylic acids is 6. The molecule has 3 aliphatic heterocycles. The summed E-state index contributed by atoms with van der Waals surface area (Å²) in [5.41, 5.74) is 6.26. The Morgan fingerprint density at radius 3 is 1.56 bits per heavy atom. The van der Waals surface area contributed by atoms with E-state index in [4.69, 9.17) is 0 Å². The van der Waals surface area contributed by atoms with Crippen LogP contribution in [0.5, 0.6) is 0 Å². The Labute approximate surface area is 688 Å². The van der Waals surface area contributed by atoms with Crippen LogP contribution in [0.15, 0.2) is 177 Å². The molecular formula is C96H132N10O10. The number of H-pyrrole nitrogens is 2. The van der Waals surface area contributed by atoms with Crippen molar-refractivity contribution in [3.8, 4) is 0 Å². The number of anilines is 1. The largest absolute Gasteiger partial charge is 0.347 e. The average Bonchev–Trinajstić information content (AvgIpc) is 1.56. The van der Waals surface area contributed by atoms with E-state index in [1.54, 1.807) is 54.4 Å². The summed E-state index contributed by atoms with van der Waals surface area (Å²) in [5.74, 6) is 0.0889. The third kappa shape index (κ3) is 25.3. The molecule has 20 nitrogen and oxygen atoms in total. The fourth-order valence-electron chi connectivity index (χ4n) is 14.3. The van der Waals surface area contributed by atoms with E-state index in [-0.39, 0.29) is 103 Å². The molecule has 1 aliphatic carbocycles. The van der Waals surface area contributed by atoms with Gasteiger partial charge in [0.05, 0.1) is 23.4 Å². The number of nitrogens with zero attached hydrogens (tertiary/aromatic N) is 5. The van der Waals surface area contributed by atoms with E-state index in [0.717, 1.165) is 36.9 Å². The van der Waals surface area contributed by atoms with Gasteiger partial charge in [0.15, 0.2) is 0 Å². The first kappa shape index (κ1) is 94.4. The molecule has 7 amide bonds. The summed E-state index contributed by atoms with van der Waals surface area (Å²) in [5, 5.41) is 14.7. The molecule has 5 N–H and O–H groups in total. The van der Waals surface area contributed by atoms with Gasteiger partial charge in [-0.3, -0.25) is 52.6 Å². The summed E-state index contributed by atoms with van der Waals surface area (Å²) in [4.78, 5) is 127. The van der Waals surface area contributed by atoms with Crippen LogP contribution in [-0.2, 0) is 41.1 Å². The van der Waals surface area contributed by atoms with Gasteiger partial charge in [0.1, 0.15) is 5.54 Å². The minimum Gasteiger partial charge on any atom is -0.347 e. The van der Waals surface area contributed by atoms with Crippen LogP contribution in [0.4, 0.5) is 10.5 Å². The Hall–Kier alpha value is -10.5. The predicted molar refractivity (Wildman–Crippen MR) is 475 cm³/mol. The van der Waals surface area contributed by atoms with Crippen molar-refractivity contribution in [2.75, 3.05) is 25.0 Å². The van der Waals surface area contributed by atoms with E-state index in [1.807, 2.05) is 134 Å². The number of aromatic amines is 2. The van der Waals surface area contributed by atoms with Gasteiger partial charge in [0.2, 0.25) is 17.7 Å². The minimum atomic E-state index is -0.581. The Balaban J connectivity index is 0.000000206. The van der Waals surface area contributed by atoms with Gasteiger partial charge in [-0.2, -0.15) is 0 Å². The highest BCUT2D eigenvalue weighted by Crippen LogP contribution is 2.46. The minimum absolute atomic E-state index is 0.0203. The van der Waals surface area contributed by atoms with Crippen molar-refractivity contribution in [3.05, 3.63) is 238 Å². The molecule has 1 saturated carbocycles. The first-order valence-corrected chi connectivity index (χ1v) is 40.5. The molecule has 13 rings (SSSR count). The first-order valence-electron chi connectivity index (χ1n) is 40.5. The third-order valence-electron chi connectivity index (χ3n) is 20.4. The maximum absolute atomic E-state index is 12.4. The van der Waals surface area contributed by atoms with E-state index in [2.05, 4.69) is 192 Å². The normalized spacial score (nSPS) is 15.5. The quantitative estimate of drug-likeness (QED) is 0.0971. The van der Waals surface area contributed by atoms with Crippen molar-refractivity contribution in [1.82, 2.24) is 44.4 Å². The Morgan fingerprint density at radius 1 is 0.500 bits per heavy atom. The van der Waals surface area contributed by atoms with Crippen molar-refractivity contribution in [1.29, 1.82) is 0 Å². The van der Waals surface area contributed by atoms with Crippen LogP contribution < -0.4 is 38.4 Å². The second-order valence-electron chi connectivity index (χ2n) is 38.9. The van der Waals surface area contributed by atoms with Crippen LogP contribution in [0.2, 0.25) is 0 Å². The number of rotatable bonds is 1. The van der Waals surface area contributed by atoms with Gasteiger partial charge < -0.3 is 30.7 Å². The van der Waals surface area contributed by atoms with Crippen molar-refractivity contribution < 1.29 is 28.8 Å². The number of piperazine rings is 1. The van der Waals surface area contributed by atoms with Gasteiger partial charge in [-0.25, -0.2) is 14.4 Å². The number of aryl methyl sites for hydroxylation is 3. The molecule has 626 valence electrons. The zero-order valence-corrected chi connectivity index (χ0v) is 74.6. The number of nitrogens with one attached hydrogen (secondary N) is 5. The number of aromatic nitrogens is 4. The summed E-state index contributed by atoms with van der Waals surface area (Å²) < 4.78 is 2.76. The summed E-state index contributed by atoms with van der Waals surface area (Å²) in [6.07, 6.45) is 6.41. The molecule has 4 aliphatic rings. The number of hydrogen-bond acceptors (Lipinski definition) is 10. The standard InChI is InChI=1S/C14H19NO.2C14H16.C12H20N2O2.C12H14N2O2.C11H15NO.C10H18N2O2.C9H14N2O2/c1-8-6-7-9(2)12-10(8)11(13(16)15-12)14(3,4)5;1-14(2,3)13-10-6-8-11-7-4-5-9-12(11)13;1-14(2,3)13-9-8-11-6-4-5-7-12(11)10-13;1-11(2,3)14-9(15)12(13-10(14)16)7-5-4-6-8-12;1-12(2,3)14-10(15)8-6-4-5-7-9(8)13-11(14)16;1-11(2,3)12-10(13)9-7-5-4-6-8-9;1-8(13)11-5-6-12(9(14)7-11)10(2,3)4;1-6-5-11(9(2,3)4)8(13)10-7(6)12/h6-7,11H,1-5H3,(H,15,16);2*4-10H,1-3H3;4-8H2,1-3H3,(H,13,16);4-7H,1-3H3,(H,13,16);4-8H,1-3H3,(H,12,13);5-7H2,1-4H3;5H,1-4H3,(H,10,12,13). The summed E-state index contributed by atoms with van der Waals surface area (Å²) in [7, 11) is 0. The summed E-state index contributed by atoms with van der Waals surface area (Å²) >= 11 is 0. The molecule has 1 unspecified atom stereocenters. The maximum Gasteiger partial charge on any atom is 0.329 e. The zero-order chi connectivity index (χ0) is 87.4. The van der Waals surface area contributed by atoms with E-state index >= 15 is 0 Å². The highest BCUT2D eigenvalue weighted by molar-refractivity contribution is 6.08. The number of benzene rings is 7. The monoisotopic (exact) mass is 1590 g/mol. The van der Waals surface area contributed by atoms with Gasteiger partial charge >= 0.3 is 17.4 Å². The molecule has 116 heavy (non-hydrogen) atoms. The van der Waals surface area contributed by atoms with Crippen LogP contribution >= 0.6 is 0 Å². The highest BCUT2D eigenvalue weighted by atomic mass is 16.2. The van der Waals surface area contributed by atoms with Gasteiger partial charge in [0, 0.05) is 70.7 Å². The lowest BCUT2D eigenvalue weighted by Gasteiger charge is -2.41. The summed E-state index contributed by atoms with van der Waals surface area (Å²) in [6.45, 7) is 57.5. The number of fused-ring (bicyclic) bond motifs is 4. The van der Waals surface area contributed by atoms with Gasteiger partial charge in [-0.05, 0) is 227 Å². The number of imide groups is 1. The van der Waals surface area contributed by atoms with E-state index in [0.29, 0.717) is 35.1 Å². The molecule has 20 heteroatoms. The van der Waals surface area contributed by atoms with Crippen molar-refractivity contribution in [2.24, 2.45) is 5.41 Å². The smallest absolute Gasteiger partial charge is 0.329 e. The van der Waals surface area contributed by atoms with Gasteiger partial charge in [-0.15, -0.1) is 0 Å². The number of urea groups is 1. The summed E-state index contributed by atoms with van der Waals surface area (Å²) in [6, 6.07) is 50.5. The number of hydrogen-bond donors (Lipinski definition) is 5. The maximum atomic E-state index is 12.4. The van der Waals surface area contributed by atoms with Crippen molar-refractivity contribution in [3.63, 3.8) is 0 Å². The molecule has 5 heterocycles. The number of carbonyl (C=O) groups is 6. The van der Waals surface area contributed by atoms with Crippen LogP contribution in [0.25, 0.3) is 32.4 Å². The Bertz CT molecular complexity index is 5200. The lowest BCUT2D eigenvalue weighted by atomic mass is 9.76. The molecule has 1 atom stereocenters. The topological polar surface area (TPSA) is 258 Å². The van der Waals surface area contributed by atoms with E-state index < -0.39 is 16.6 Å². The molecular weight excluding hydrogens is 1450 g/mol. The predicted octanol–water partition coefficient (Wildman–Crippen LogP) is 18.4. The first-order chi connectivity index (χ1) is 53.4. The second kappa shape index (κ2) is 37.6. The fourth-order valence-corrected chi connectivity index (χ4v) is 14.3. The SMILES string of the molecule is CC(=O)N1CCN(C(C)(C)C)C(=O)C1.CC(C)(C)N1C(=O)NC2(CCCCC2)C1=O.CC(C)(C)NC(=O)c1ccccc1.CC(C)(C)c1ccc2ccccc2c1.CC(C)(C)c1cccc2ccccc12.CC(C)(C)n1c(=O)[nH]c2ccccc2c1=O.Cc1ccc(C)c2c1NC(=O)C2C(C)(C)C.Cc1cn(C(C)(C)C)c(=O)[nH]c1=O. The van der Waals surface area contributed by atoms with Crippen LogP contribution in [0.3, 0.4) is 0 Å². The number of para-hydroxylation sites is 1. The molecule has 0 bridgehead atoms. The van der Waals surface area contributed by atoms with E-state index in [9.17, 15) is 47.9 Å². The van der Waals surface area contributed by atoms with Crippen LogP contribution in [-0.4, -0.2) is 111 Å². The third-order valence-corrected chi connectivity index (χ3v) is 20.4. The fraction of sp³-hybridized carbons (Fsp3) is 0.479. The zero-order valence-electron chi connectivity index (χ0n) is 74.6. The Kier molecular flexibility index (Phi) is 30.6. The molecule has 0 radical (unpaired) electrons. The molecule has 9 aromatic rings. The highest BCUT2D eigenvalue weighted by Gasteiger charge is 2.54. The van der Waals surface area contributed by atoms with E-state index in [1.165, 1.54) is 71.2 Å². The molecule has 3 fully saturated rings. The van der Waals surface area contributed by atoms with Gasteiger partial charge in [0.25, 0.3) is 22.9 Å². The second-order valence-corrected chi connectivity index (χ2v) is 38.9. The molecule has 2 saturated heterocycles. The van der Waals surface area contributed by atoms with Crippen LogP contribution in [0.1, 0.15) is 255 Å². The Morgan fingerprint density at radius 2 is 1.04 bits per heavy atom. The molecule has 2 aromatic heterocycles. The number of amides is 7. The van der Waals surface area contributed by atoms with Crippen molar-refractivity contribution >= 4 is 73.7 Å². The van der Waals surface area contributed by atoms with Crippen molar-refractivity contribution in [2.45, 2.75) is 276 Å². The lowest BCUT2D eigenvalue weighted by Crippen LogP contribution is -2.57. The molecule has 7 aromatic carbocycles.